The fourth-order valence-corrected chi connectivity index (χ4v) is 2.56. The van der Waals surface area contributed by atoms with Crippen LogP contribution < -0.4 is 10.6 Å². The molecule has 1 heterocycles. The van der Waals surface area contributed by atoms with Gasteiger partial charge < -0.3 is 10.6 Å². The Balaban J connectivity index is 1.66. The maximum Gasteiger partial charge on any atom is 0.274 e. The fourth-order valence-electron chi connectivity index (χ4n) is 2.16. The van der Waals surface area contributed by atoms with E-state index in [1.54, 1.807) is 42.6 Å². The van der Waals surface area contributed by atoms with Crippen molar-refractivity contribution in [2.75, 3.05) is 10.6 Å². The number of benzene rings is 2. The van der Waals surface area contributed by atoms with Crippen LogP contribution in [0.1, 0.15) is 16.1 Å². The Kier molecular flexibility index (Phi) is 5.07. The molecule has 6 heteroatoms. The first-order valence-corrected chi connectivity index (χ1v) is 8.23. The number of carbonyl (C=O) groups excluding carboxylic acids is 1. The van der Waals surface area contributed by atoms with Gasteiger partial charge in [0.05, 0.1) is 23.5 Å². The number of halogens is 1. The van der Waals surface area contributed by atoms with Crippen LogP contribution in [0.2, 0.25) is 0 Å². The van der Waals surface area contributed by atoms with Gasteiger partial charge in [-0.2, -0.15) is 5.26 Å². The molecule has 3 aromatic rings. The smallest absolute Gasteiger partial charge is 0.274 e. The lowest BCUT2D eigenvalue weighted by molar-refractivity contribution is 0.102. The van der Waals surface area contributed by atoms with E-state index >= 15 is 0 Å². The monoisotopic (exact) mass is 392 g/mol. The van der Waals surface area contributed by atoms with Gasteiger partial charge in [0.2, 0.25) is 0 Å². The molecule has 2 aromatic carbocycles. The number of rotatable bonds is 4. The summed E-state index contributed by atoms with van der Waals surface area (Å²) in [6.45, 7) is 0. The Bertz CT molecular complexity index is 931. The van der Waals surface area contributed by atoms with Crippen molar-refractivity contribution >= 4 is 38.9 Å². The highest BCUT2D eigenvalue weighted by Gasteiger charge is 2.08. The molecule has 0 aliphatic rings. The summed E-state index contributed by atoms with van der Waals surface area (Å²) in [7, 11) is 0. The molecule has 25 heavy (non-hydrogen) atoms. The second-order valence-corrected chi connectivity index (χ2v) is 6.13. The third kappa shape index (κ3) is 4.43. The molecule has 0 aliphatic carbocycles. The van der Waals surface area contributed by atoms with E-state index in [4.69, 9.17) is 5.26 Å². The number of amides is 1. The number of hydrogen-bond donors (Lipinski definition) is 2. The third-order valence-corrected chi connectivity index (χ3v) is 3.87. The van der Waals surface area contributed by atoms with Crippen molar-refractivity contribution in [2.24, 2.45) is 0 Å². The van der Waals surface area contributed by atoms with Crippen molar-refractivity contribution in [3.8, 4) is 6.07 Å². The van der Waals surface area contributed by atoms with E-state index in [2.05, 4.69) is 31.5 Å². The fraction of sp³-hybridized carbons (Fsp3) is 0. The molecule has 3 rings (SSSR count). The van der Waals surface area contributed by atoms with Gasteiger partial charge in [0.1, 0.15) is 5.69 Å². The summed E-state index contributed by atoms with van der Waals surface area (Å²) in [4.78, 5) is 16.4. The largest absolute Gasteiger partial charge is 0.354 e. The number of carbonyl (C=O) groups is 1. The summed E-state index contributed by atoms with van der Waals surface area (Å²) in [5.41, 5.74) is 3.17. The molecule has 0 radical (unpaired) electrons. The molecule has 0 fully saturated rings. The second-order valence-electron chi connectivity index (χ2n) is 5.21. The molecule has 0 unspecified atom stereocenters. The van der Waals surface area contributed by atoms with Gasteiger partial charge in [0.15, 0.2) is 0 Å². The van der Waals surface area contributed by atoms with Crippen LogP contribution in [-0.2, 0) is 0 Å². The van der Waals surface area contributed by atoms with Gasteiger partial charge in [-0.15, -0.1) is 0 Å². The molecular formula is C19H13BrN4O. The standard InChI is InChI=1S/C19H13BrN4O/c20-14-2-1-3-16(10-14)23-17-8-9-18(22-12-17)19(25)24-15-6-4-13(11-21)5-7-15/h1-10,12,23H,(H,24,25). The van der Waals surface area contributed by atoms with Crippen molar-refractivity contribution in [3.63, 3.8) is 0 Å². The molecule has 1 amide bonds. The summed E-state index contributed by atoms with van der Waals surface area (Å²) in [6.07, 6.45) is 1.61. The first kappa shape index (κ1) is 16.7. The van der Waals surface area contributed by atoms with E-state index < -0.39 is 0 Å². The van der Waals surface area contributed by atoms with Gasteiger partial charge in [-0.25, -0.2) is 4.98 Å². The second kappa shape index (κ2) is 7.60. The molecule has 0 saturated carbocycles. The van der Waals surface area contributed by atoms with Gasteiger partial charge >= 0.3 is 0 Å². The van der Waals surface area contributed by atoms with Crippen LogP contribution in [0.15, 0.2) is 71.3 Å². The Morgan fingerprint density at radius 2 is 1.76 bits per heavy atom. The highest BCUT2D eigenvalue weighted by atomic mass is 79.9. The lowest BCUT2D eigenvalue weighted by Crippen LogP contribution is -2.13. The zero-order chi connectivity index (χ0) is 17.6. The van der Waals surface area contributed by atoms with Crippen LogP contribution in [-0.4, -0.2) is 10.9 Å². The predicted molar refractivity (Wildman–Crippen MR) is 101 cm³/mol. The molecule has 2 N–H and O–H groups in total. The molecule has 1 aromatic heterocycles. The Morgan fingerprint density at radius 1 is 1.00 bits per heavy atom. The van der Waals surface area contributed by atoms with Crippen LogP contribution in [0.5, 0.6) is 0 Å². The number of nitrogens with zero attached hydrogens (tertiary/aromatic N) is 2. The van der Waals surface area contributed by atoms with Gasteiger partial charge in [-0.1, -0.05) is 22.0 Å². The highest BCUT2D eigenvalue weighted by Crippen LogP contribution is 2.20. The van der Waals surface area contributed by atoms with Crippen molar-refractivity contribution in [3.05, 3.63) is 82.6 Å². The molecule has 0 spiro atoms. The number of aromatic nitrogens is 1. The van der Waals surface area contributed by atoms with Crippen LogP contribution in [0.4, 0.5) is 17.1 Å². The molecule has 0 aliphatic heterocycles. The van der Waals surface area contributed by atoms with E-state index in [0.717, 1.165) is 15.8 Å². The Hall–Kier alpha value is -3.17. The predicted octanol–water partition coefficient (Wildman–Crippen LogP) is 4.71. The minimum atomic E-state index is -0.307. The van der Waals surface area contributed by atoms with Crippen LogP contribution >= 0.6 is 15.9 Å². The lowest BCUT2D eigenvalue weighted by atomic mass is 10.2. The van der Waals surface area contributed by atoms with Crippen LogP contribution in [0, 0.1) is 11.3 Å². The minimum Gasteiger partial charge on any atom is -0.354 e. The topological polar surface area (TPSA) is 77.8 Å². The van der Waals surface area contributed by atoms with E-state index in [-0.39, 0.29) is 5.91 Å². The minimum absolute atomic E-state index is 0.307. The molecular weight excluding hydrogens is 380 g/mol. The number of pyridine rings is 1. The Labute approximate surface area is 153 Å². The highest BCUT2D eigenvalue weighted by molar-refractivity contribution is 9.10. The van der Waals surface area contributed by atoms with Gasteiger partial charge in [0.25, 0.3) is 5.91 Å². The van der Waals surface area contributed by atoms with E-state index in [1.165, 1.54) is 0 Å². The Morgan fingerprint density at radius 3 is 2.40 bits per heavy atom. The van der Waals surface area contributed by atoms with Crippen molar-refractivity contribution < 1.29 is 4.79 Å². The molecule has 5 nitrogen and oxygen atoms in total. The number of anilines is 3. The lowest BCUT2D eigenvalue weighted by Gasteiger charge is -2.08. The molecule has 0 atom stereocenters. The van der Waals surface area contributed by atoms with Crippen molar-refractivity contribution in [1.82, 2.24) is 4.98 Å². The summed E-state index contributed by atoms with van der Waals surface area (Å²) < 4.78 is 0.976. The van der Waals surface area contributed by atoms with E-state index in [9.17, 15) is 4.79 Å². The third-order valence-electron chi connectivity index (χ3n) is 3.38. The summed E-state index contributed by atoms with van der Waals surface area (Å²) in [6, 6.07) is 19.9. The van der Waals surface area contributed by atoms with E-state index in [1.807, 2.05) is 30.3 Å². The molecule has 122 valence electrons. The summed E-state index contributed by atoms with van der Waals surface area (Å²) in [5.74, 6) is -0.307. The number of nitrogens with one attached hydrogen (secondary N) is 2. The normalized spacial score (nSPS) is 9.92. The number of hydrogen-bond acceptors (Lipinski definition) is 4. The SMILES string of the molecule is N#Cc1ccc(NC(=O)c2ccc(Nc3cccc(Br)c3)cn2)cc1. The van der Waals surface area contributed by atoms with Crippen LogP contribution in [0.25, 0.3) is 0 Å². The maximum absolute atomic E-state index is 12.2. The van der Waals surface area contributed by atoms with Gasteiger partial charge in [-0.05, 0) is 54.6 Å². The van der Waals surface area contributed by atoms with Gasteiger partial charge in [0, 0.05) is 15.8 Å². The zero-order valence-corrected chi connectivity index (χ0v) is 14.6. The molecule has 0 saturated heterocycles. The summed E-state index contributed by atoms with van der Waals surface area (Å²) >= 11 is 3.42. The number of nitriles is 1. The maximum atomic E-state index is 12.2. The molecule has 0 bridgehead atoms. The average Bonchev–Trinajstić information content (AvgIpc) is 2.63. The van der Waals surface area contributed by atoms with E-state index in [0.29, 0.717) is 16.9 Å². The first-order valence-electron chi connectivity index (χ1n) is 7.44. The quantitative estimate of drug-likeness (QED) is 0.673. The van der Waals surface area contributed by atoms with Crippen molar-refractivity contribution in [2.45, 2.75) is 0 Å². The zero-order valence-electron chi connectivity index (χ0n) is 13.0. The first-order chi connectivity index (χ1) is 12.1. The summed E-state index contributed by atoms with van der Waals surface area (Å²) in [5, 5.41) is 14.7. The van der Waals surface area contributed by atoms with Crippen LogP contribution in [0.3, 0.4) is 0 Å². The van der Waals surface area contributed by atoms with Crippen molar-refractivity contribution in [1.29, 1.82) is 5.26 Å². The van der Waals surface area contributed by atoms with Gasteiger partial charge in [-0.3, -0.25) is 4.79 Å². The average molecular weight is 393 g/mol.